The molecule has 1 aromatic heterocycles. The first kappa shape index (κ1) is 15.0. The lowest BCUT2D eigenvalue weighted by molar-refractivity contribution is 0.0991. The fourth-order valence-corrected chi connectivity index (χ4v) is 3.30. The van der Waals surface area contributed by atoms with Gasteiger partial charge in [0.2, 0.25) is 0 Å². The summed E-state index contributed by atoms with van der Waals surface area (Å²) in [4.78, 5) is 15.1. The Balaban J connectivity index is 2.25. The molecule has 1 aromatic carbocycles. The van der Waals surface area contributed by atoms with Gasteiger partial charge >= 0.3 is 0 Å². The number of benzene rings is 1. The Morgan fingerprint density at radius 2 is 1.70 bits per heavy atom. The molecule has 0 saturated heterocycles. The van der Waals surface area contributed by atoms with Crippen LogP contribution in [0.1, 0.15) is 53.4 Å². The maximum absolute atomic E-state index is 12.6. The van der Waals surface area contributed by atoms with Gasteiger partial charge in [0, 0.05) is 21.7 Å². The fourth-order valence-electron chi connectivity index (χ4n) is 2.34. The van der Waals surface area contributed by atoms with E-state index in [9.17, 15) is 4.79 Å². The maximum Gasteiger partial charge on any atom is 0.168 e. The van der Waals surface area contributed by atoms with E-state index < -0.39 is 0 Å². The monoisotopic (exact) mass is 286 g/mol. The minimum atomic E-state index is -0.00369. The predicted octanol–water partition coefficient (Wildman–Crippen LogP) is 5.03. The van der Waals surface area contributed by atoms with Gasteiger partial charge in [-0.05, 0) is 29.5 Å². The van der Waals surface area contributed by atoms with Crippen LogP contribution in [-0.4, -0.2) is 5.78 Å². The van der Waals surface area contributed by atoms with E-state index in [0.717, 1.165) is 22.4 Å². The average Bonchev–Trinajstić information content (AvgIpc) is 2.85. The van der Waals surface area contributed by atoms with Crippen LogP contribution in [-0.2, 0) is 18.3 Å². The number of hydrogen-bond donors (Lipinski definition) is 0. The summed E-state index contributed by atoms with van der Waals surface area (Å²) in [6, 6.07) is 12.2. The zero-order valence-corrected chi connectivity index (χ0v) is 13.5. The van der Waals surface area contributed by atoms with E-state index in [1.165, 1.54) is 4.88 Å². The molecule has 0 bridgehead atoms. The summed E-state index contributed by atoms with van der Waals surface area (Å²) in [5.74, 6) is 0.222. The van der Waals surface area contributed by atoms with Gasteiger partial charge in [-0.1, -0.05) is 52.0 Å². The van der Waals surface area contributed by atoms with Gasteiger partial charge < -0.3 is 0 Å². The van der Waals surface area contributed by atoms with Crippen molar-refractivity contribution in [3.63, 3.8) is 0 Å². The first-order chi connectivity index (χ1) is 9.41. The van der Waals surface area contributed by atoms with Gasteiger partial charge in [-0.15, -0.1) is 11.3 Å². The Bertz CT molecular complexity index is 602. The molecule has 0 N–H and O–H groups in total. The van der Waals surface area contributed by atoms with Crippen molar-refractivity contribution in [2.75, 3.05) is 0 Å². The molecule has 2 heteroatoms. The number of rotatable bonds is 4. The lowest BCUT2D eigenvalue weighted by atomic mass is 9.82. The fraction of sp³-hybridized carbons (Fsp3) is 0.389. The number of ketones is 1. The summed E-state index contributed by atoms with van der Waals surface area (Å²) in [6.07, 6.45) is 1.55. The molecule has 0 spiro atoms. The van der Waals surface area contributed by atoms with Crippen molar-refractivity contribution in [3.8, 4) is 0 Å². The SMILES string of the molecule is CCc1ccc(CC(=O)c2ccccc2C(C)(C)C)s1. The normalized spacial score (nSPS) is 11.6. The zero-order valence-electron chi connectivity index (χ0n) is 12.7. The van der Waals surface area contributed by atoms with E-state index in [0.29, 0.717) is 6.42 Å². The maximum atomic E-state index is 12.6. The third-order valence-electron chi connectivity index (χ3n) is 3.44. The molecule has 0 aliphatic rings. The van der Waals surface area contributed by atoms with Gasteiger partial charge in [0.25, 0.3) is 0 Å². The highest BCUT2D eigenvalue weighted by Gasteiger charge is 2.21. The molecule has 0 aliphatic carbocycles. The van der Waals surface area contributed by atoms with Gasteiger partial charge in [-0.3, -0.25) is 4.79 Å². The van der Waals surface area contributed by atoms with Crippen molar-refractivity contribution in [3.05, 3.63) is 57.3 Å². The molecule has 2 rings (SSSR count). The van der Waals surface area contributed by atoms with Crippen molar-refractivity contribution in [1.82, 2.24) is 0 Å². The summed E-state index contributed by atoms with van der Waals surface area (Å²) >= 11 is 1.75. The molecular formula is C18H22OS. The minimum Gasteiger partial charge on any atom is -0.294 e. The lowest BCUT2D eigenvalue weighted by Gasteiger charge is -2.22. The van der Waals surface area contributed by atoms with E-state index in [4.69, 9.17) is 0 Å². The third-order valence-corrected chi connectivity index (χ3v) is 4.67. The van der Waals surface area contributed by atoms with E-state index in [-0.39, 0.29) is 11.2 Å². The first-order valence-electron chi connectivity index (χ1n) is 7.12. The highest BCUT2D eigenvalue weighted by molar-refractivity contribution is 7.12. The Hall–Kier alpha value is -1.41. The Kier molecular flexibility index (Phi) is 4.44. The highest BCUT2D eigenvalue weighted by Crippen LogP contribution is 2.27. The summed E-state index contributed by atoms with van der Waals surface area (Å²) in [5, 5.41) is 0. The van der Waals surface area contributed by atoms with Gasteiger partial charge in [-0.2, -0.15) is 0 Å². The highest BCUT2D eigenvalue weighted by atomic mass is 32.1. The quantitative estimate of drug-likeness (QED) is 0.720. The molecule has 1 heterocycles. The van der Waals surface area contributed by atoms with Crippen molar-refractivity contribution in [2.45, 2.75) is 46.0 Å². The van der Waals surface area contributed by atoms with Crippen LogP contribution in [0.15, 0.2) is 36.4 Å². The molecule has 0 fully saturated rings. The van der Waals surface area contributed by atoms with Crippen LogP contribution in [0.5, 0.6) is 0 Å². The molecule has 0 amide bonds. The largest absolute Gasteiger partial charge is 0.294 e. The van der Waals surface area contributed by atoms with E-state index >= 15 is 0 Å². The molecule has 1 nitrogen and oxygen atoms in total. The van der Waals surface area contributed by atoms with Crippen LogP contribution in [0.2, 0.25) is 0 Å². The Labute approximate surface area is 125 Å². The second kappa shape index (κ2) is 5.92. The van der Waals surface area contributed by atoms with Crippen LogP contribution < -0.4 is 0 Å². The van der Waals surface area contributed by atoms with Crippen molar-refractivity contribution >= 4 is 17.1 Å². The molecule has 0 unspecified atom stereocenters. The van der Waals surface area contributed by atoms with Crippen molar-refractivity contribution < 1.29 is 4.79 Å². The number of Topliss-reactive ketones (excluding diaryl/α,β-unsaturated/α-hetero) is 1. The predicted molar refractivity (Wildman–Crippen MR) is 86.9 cm³/mol. The third kappa shape index (κ3) is 3.37. The number of carbonyl (C=O) groups excluding carboxylic acids is 1. The molecule has 0 saturated carbocycles. The van der Waals surface area contributed by atoms with Crippen LogP contribution in [0.25, 0.3) is 0 Å². The van der Waals surface area contributed by atoms with Gasteiger partial charge in [0.15, 0.2) is 5.78 Å². The summed E-state index contributed by atoms with van der Waals surface area (Å²) in [5.41, 5.74) is 2.00. The molecule has 0 radical (unpaired) electrons. The molecular weight excluding hydrogens is 264 g/mol. The minimum absolute atomic E-state index is 0.00369. The standard InChI is InChI=1S/C18H22OS/c1-5-13-10-11-14(20-13)12-17(19)15-8-6-7-9-16(15)18(2,3)4/h6-11H,5,12H2,1-4H3. The number of hydrogen-bond acceptors (Lipinski definition) is 2. The first-order valence-corrected chi connectivity index (χ1v) is 7.93. The summed E-state index contributed by atoms with van der Waals surface area (Å²) in [6.45, 7) is 8.60. The van der Waals surface area contributed by atoms with Crippen LogP contribution in [0.3, 0.4) is 0 Å². The van der Waals surface area contributed by atoms with E-state index in [1.54, 1.807) is 11.3 Å². The second-order valence-corrected chi connectivity index (χ2v) is 7.37. The van der Waals surface area contributed by atoms with Crippen LogP contribution in [0.4, 0.5) is 0 Å². The van der Waals surface area contributed by atoms with Gasteiger partial charge in [0.1, 0.15) is 0 Å². The number of thiophene rings is 1. The van der Waals surface area contributed by atoms with Gasteiger partial charge in [0.05, 0.1) is 0 Å². The topological polar surface area (TPSA) is 17.1 Å². The Morgan fingerprint density at radius 3 is 2.30 bits per heavy atom. The lowest BCUT2D eigenvalue weighted by Crippen LogP contribution is -2.17. The van der Waals surface area contributed by atoms with E-state index in [2.05, 4.69) is 45.9 Å². The molecule has 2 aromatic rings. The van der Waals surface area contributed by atoms with E-state index in [1.807, 2.05) is 18.2 Å². The molecule has 0 atom stereocenters. The smallest absolute Gasteiger partial charge is 0.168 e. The molecule has 20 heavy (non-hydrogen) atoms. The number of aryl methyl sites for hydroxylation is 1. The Morgan fingerprint density at radius 1 is 1.05 bits per heavy atom. The molecule has 106 valence electrons. The second-order valence-electron chi connectivity index (χ2n) is 6.12. The zero-order chi connectivity index (χ0) is 14.8. The van der Waals surface area contributed by atoms with Crippen LogP contribution in [0, 0.1) is 0 Å². The summed E-state index contributed by atoms with van der Waals surface area (Å²) < 4.78 is 0. The average molecular weight is 286 g/mol. The van der Waals surface area contributed by atoms with Gasteiger partial charge in [-0.25, -0.2) is 0 Å². The van der Waals surface area contributed by atoms with Crippen LogP contribution >= 0.6 is 11.3 Å². The summed E-state index contributed by atoms with van der Waals surface area (Å²) in [7, 11) is 0. The molecule has 0 aliphatic heterocycles. The van der Waals surface area contributed by atoms with Crippen molar-refractivity contribution in [2.24, 2.45) is 0 Å². The van der Waals surface area contributed by atoms with Crippen molar-refractivity contribution in [1.29, 1.82) is 0 Å². The number of carbonyl (C=O) groups is 1.